The molecule has 0 bridgehead atoms. The van der Waals surface area contributed by atoms with E-state index < -0.39 is 0 Å². The molecule has 0 spiro atoms. The Bertz CT molecular complexity index is 427. The fourth-order valence-corrected chi connectivity index (χ4v) is 2.95. The molecule has 5 nitrogen and oxygen atoms in total. The molecule has 1 saturated heterocycles. The van der Waals surface area contributed by atoms with Gasteiger partial charge < -0.3 is 15.5 Å². The molecule has 0 unspecified atom stereocenters. The molecule has 0 radical (unpaired) electrons. The standard InChI is InChI=1S/C14H27N5/c1-10(2)13-12(15)14(18(5)16-13)19-8-6-11(7-9-19)17(3)4/h10-11H,6-9,15H2,1-5H3. The van der Waals surface area contributed by atoms with Crippen molar-refractivity contribution in [1.82, 2.24) is 14.7 Å². The van der Waals surface area contributed by atoms with E-state index in [1.807, 2.05) is 11.7 Å². The van der Waals surface area contributed by atoms with E-state index in [1.165, 1.54) is 12.8 Å². The van der Waals surface area contributed by atoms with E-state index in [4.69, 9.17) is 5.73 Å². The topological polar surface area (TPSA) is 50.3 Å². The zero-order chi connectivity index (χ0) is 14.2. The number of piperidine rings is 1. The monoisotopic (exact) mass is 265 g/mol. The van der Waals surface area contributed by atoms with Crippen molar-refractivity contribution in [3.8, 4) is 0 Å². The summed E-state index contributed by atoms with van der Waals surface area (Å²) in [4.78, 5) is 4.71. The second-order valence-corrected chi connectivity index (χ2v) is 6.08. The molecule has 0 amide bonds. The summed E-state index contributed by atoms with van der Waals surface area (Å²) < 4.78 is 1.95. The van der Waals surface area contributed by atoms with Crippen LogP contribution in [0.2, 0.25) is 0 Å². The van der Waals surface area contributed by atoms with Crippen molar-refractivity contribution in [2.75, 3.05) is 37.8 Å². The van der Waals surface area contributed by atoms with Gasteiger partial charge in [-0.25, -0.2) is 0 Å². The Labute approximate surface area is 116 Å². The van der Waals surface area contributed by atoms with E-state index in [-0.39, 0.29) is 0 Å². The Morgan fingerprint density at radius 3 is 2.26 bits per heavy atom. The highest BCUT2D eigenvalue weighted by Gasteiger charge is 2.26. The van der Waals surface area contributed by atoms with Gasteiger partial charge in [0.1, 0.15) is 5.82 Å². The van der Waals surface area contributed by atoms with Crippen molar-refractivity contribution in [1.29, 1.82) is 0 Å². The van der Waals surface area contributed by atoms with Crippen LogP contribution in [-0.2, 0) is 7.05 Å². The molecule has 108 valence electrons. The number of aryl methyl sites for hydroxylation is 1. The predicted octanol–water partition coefficient (Wildman–Crippen LogP) is 1.66. The summed E-state index contributed by atoms with van der Waals surface area (Å²) in [7, 11) is 6.32. The first kappa shape index (κ1) is 14.2. The Balaban J connectivity index is 2.16. The average Bonchev–Trinajstić information content (AvgIpc) is 2.65. The highest BCUT2D eigenvalue weighted by atomic mass is 15.4. The van der Waals surface area contributed by atoms with E-state index >= 15 is 0 Å². The van der Waals surface area contributed by atoms with Gasteiger partial charge in [0, 0.05) is 26.2 Å². The number of nitrogens with two attached hydrogens (primary N) is 1. The molecule has 1 aromatic heterocycles. The first-order valence-corrected chi connectivity index (χ1v) is 7.15. The first-order valence-electron chi connectivity index (χ1n) is 7.15. The minimum atomic E-state index is 0.374. The van der Waals surface area contributed by atoms with Gasteiger partial charge in [0.2, 0.25) is 0 Å². The maximum absolute atomic E-state index is 6.29. The van der Waals surface area contributed by atoms with Crippen LogP contribution in [0.1, 0.15) is 38.3 Å². The maximum Gasteiger partial charge on any atom is 0.150 e. The molecular formula is C14H27N5. The van der Waals surface area contributed by atoms with Gasteiger partial charge in [-0.05, 0) is 32.9 Å². The van der Waals surface area contributed by atoms with Crippen molar-refractivity contribution in [3.63, 3.8) is 0 Å². The van der Waals surface area contributed by atoms with Gasteiger partial charge in [0.05, 0.1) is 11.4 Å². The molecule has 1 aromatic rings. The number of hydrogen-bond acceptors (Lipinski definition) is 4. The van der Waals surface area contributed by atoms with Crippen LogP contribution in [0.5, 0.6) is 0 Å². The molecule has 1 aliphatic heterocycles. The molecule has 5 heteroatoms. The van der Waals surface area contributed by atoms with Gasteiger partial charge in [0.25, 0.3) is 0 Å². The van der Waals surface area contributed by atoms with Crippen LogP contribution in [0, 0.1) is 0 Å². The SMILES string of the molecule is CC(C)c1nn(C)c(N2CCC(N(C)C)CC2)c1N. The third-order valence-corrected chi connectivity index (χ3v) is 4.12. The smallest absolute Gasteiger partial charge is 0.150 e. The van der Waals surface area contributed by atoms with Crippen LogP contribution < -0.4 is 10.6 Å². The fourth-order valence-electron chi connectivity index (χ4n) is 2.95. The minimum Gasteiger partial charge on any atom is -0.394 e. The Kier molecular flexibility index (Phi) is 4.04. The first-order chi connectivity index (χ1) is 8.91. The van der Waals surface area contributed by atoms with Crippen LogP contribution in [0.15, 0.2) is 0 Å². The summed E-state index contributed by atoms with van der Waals surface area (Å²) in [6.45, 7) is 6.40. The van der Waals surface area contributed by atoms with Crippen LogP contribution in [0.4, 0.5) is 11.5 Å². The summed E-state index contributed by atoms with van der Waals surface area (Å²) in [5.74, 6) is 1.47. The fraction of sp³-hybridized carbons (Fsp3) is 0.786. The van der Waals surface area contributed by atoms with E-state index in [0.717, 1.165) is 30.3 Å². The maximum atomic E-state index is 6.29. The van der Waals surface area contributed by atoms with Crippen LogP contribution in [0.25, 0.3) is 0 Å². The second-order valence-electron chi connectivity index (χ2n) is 6.08. The van der Waals surface area contributed by atoms with Gasteiger partial charge in [0.15, 0.2) is 0 Å². The van der Waals surface area contributed by atoms with Gasteiger partial charge in [-0.15, -0.1) is 0 Å². The van der Waals surface area contributed by atoms with Crippen molar-refractivity contribution >= 4 is 11.5 Å². The number of nitrogens with zero attached hydrogens (tertiary/aromatic N) is 4. The largest absolute Gasteiger partial charge is 0.394 e. The minimum absolute atomic E-state index is 0.374. The Morgan fingerprint density at radius 1 is 1.26 bits per heavy atom. The molecule has 0 saturated carbocycles. The molecule has 0 atom stereocenters. The van der Waals surface area contributed by atoms with Crippen molar-refractivity contribution in [2.45, 2.75) is 38.6 Å². The zero-order valence-corrected chi connectivity index (χ0v) is 12.8. The lowest BCUT2D eigenvalue weighted by Gasteiger charge is -2.36. The molecule has 2 N–H and O–H groups in total. The van der Waals surface area contributed by atoms with Gasteiger partial charge in [-0.1, -0.05) is 13.8 Å². The Hall–Kier alpha value is -1.23. The third kappa shape index (κ3) is 2.71. The van der Waals surface area contributed by atoms with Crippen LogP contribution in [0.3, 0.4) is 0 Å². The van der Waals surface area contributed by atoms with Gasteiger partial charge >= 0.3 is 0 Å². The number of anilines is 2. The lowest BCUT2D eigenvalue weighted by atomic mass is 10.0. The molecule has 19 heavy (non-hydrogen) atoms. The molecule has 0 aliphatic carbocycles. The number of rotatable bonds is 3. The zero-order valence-electron chi connectivity index (χ0n) is 12.8. The molecule has 2 heterocycles. The number of nitrogen functional groups attached to an aromatic ring is 1. The Morgan fingerprint density at radius 2 is 1.84 bits per heavy atom. The van der Waals surface area contributed by atoms with E-state index in [0.29, 0.717) is 12.0 Å². The van der Waals surface area contributed by atoms with Crippen LogP contribution >= 0.6 is 0 Å². The van der Waals surface area contributed by atoms with Crippen LogP contribution in [-0.4, -0.2) is 47.9 Å². The second kappa shape index (κ2) is 5.41. The summed E-state index contributed by atoms with van der Waals surface area (Å²) in [6.07, 6.45) is 2.38. The number of aromatic nitrogens is 2. The summed E-state index contributed by atoms with van der Waals surface area (Å²) in [5.41, 5.74) is 8.18. The molecule has 2 rings (SSSR count). The predicted molar refractivity (Wildman–Crippen MR) is 80.6 cm³/mol. The molecule has 1 aliphatic rings. The quantitative estimate of drug-likeness (QED) is 0.903. The van der Waals surface area contributed by atoms with E-state index in [9.17, 15) is 0 Å². The molecule has 0 aromatic carbocycles. The average molecular weight is 265 g/mol. The molecular weight excluding hydrogens is 238 g/mol. The van der Waals surface area contributed by atoms with Gasteiger partial charge in [-0.3, -0.25) is 4.68 Å². The van der Waals surface area contributed by atoms with Crippen molar-refractivity contribution < 1.29 is 0 Å². The van der Waals surface area contributed by atoms with Crippen molar-refractivity contribution in [2.24, 2.45) is 7.05 Å². The van der Waals surface area contributed by atoms with E-state index in [2.05, 4.69) is 42.8 Å². The lowest BCUT2D eigenvalue weighted by molar-refractivity contribution is 0.249. The highest BCUT2D eigenvalue weighted by molar-refractivity contribution is 5.67. The summed E-state index contributed by atoms with van der Waals surface area (Å²) in [5, 5.41) is 4.58. The normalized spacial score (nSPS) is 17.7. The highest BCUT2D eigenvalue weighted by Crippen LogP contribution is 2.32. The molecule has 1 fully saturated rings. The van der Waals surface area contributed by atoms with Gasteiger partial charge in [-0.2, -0.15) is 5.10 Å². The van der Waals surface area contributed by atoms with Crippen molar-refractivity contribution in [3.05, 3.63) is 5.69 Å². The number of hydrogen-bond donors (Lipinski definition) is 1. The third-order valence-electron chi connectivity index (χ3n) is 4.12. The lowest BCUT2D eigenvalue weighted by Crippen LogP contribution is -2.42. The summed E-state index contributed by atoms with van der Waals surface area (Å²) >= 11 is 0. The summed E-state index contributed by atoms with van der Waals surface area (Å²) in [6, 6.07) is 0.690. The van der Waals surface area contributed by atoms with E-state index in [1.54, 1.807) is 0 Å².